The van der Waals surface area contributed by atoms with Gasteiger partial charge in [-0.25, -0.2) is 9.97 Å². The van der Waals surface area contributed by atoms with Crippen LogP contribution in [0.1, 0.15) is 43.4 Å². The maximum atomic E-state index is 6.10. The molecule has 0 saturated heterocycles. The molecule has 0 radical (unpaired) electrons. The fraction of sp³-hybridized carbons (Fsp3) is 0.400. The Hall–Kier alpha value is -2.05. The molecule has 1 aromatic heterocycles. The molecule has 0 spiro atoms. The number of benzene rings is 1. The van der Waals surface area contributed by atoms with Crippen LogP contribution in [-0.2, 0) is 0 Å². The minimum Gasteiger partial charge on any atom is -0.367 e. The summed E-state index contributed by atoms with van der Waals surface area (Å²) in [5.74, 6) is 8.65. The van der Waals surface area contributed by atoms with E-state index in [2.05, 4.69) is 27.1 Å². The molecule has 1 heterocycles. The summed E-state index contributed by atoms with van der Waals surface area (Å²) in [6, 6.07) is 12.3. The third-order valence-electron chi connectivity index (χ3n) is 5.19. The highest BCUT2D eigenvalue weighted by Crippen LogP contribution is 2.42. The third kappa shape index (κ3) is 3.55. The lowest BCUT2D eigenvalue weighted by molar-refractivity contribution is 0.157. The molecule has 3 saturated carbocycles. The number of aromatic nitrogens is 2. The monoisotopic (exact) mass is 337 g/mol. The number of anilines is 1. The number of hydrogen-bond donors (Lipinski definition) is 1. The summed E-state index contributed by atoms with van der Waals surface area (Å²) in [6.45, 7) is 0. The minimum absolute atomic E-state index is 0.248. The van der Waals surface area contributed by atoms with Crippen LogP contribution in [0.5, 0.6) is 0 Å². The van der Waals surface area contributed by atoms with Crippen molar-refractivity contribution >= 4 is 17.4 Å². The van der Waals surface area contributed by atoms with Crippen molar-refractivity contribution in [2.75, 3.05) is 5.32 Å². The lowest BCUT2D eigenvalue weighted by Crippen LogP contribution is -2.40. The quantitative estimate of drug-likeness (QED) is 0.646. The zero-order chi connectivity index (χ0) is 16.4. The molecule has 3 nitrogen and oxygen atoms in total. The van der Waals surface area contributed by atoms with Gasteiger partial charge < -0.3 is 5.32 Å². The van der Waals surface area contributed by atoms with Crippen LogP contribution in [0.3, 0.4) is 0 Å². The molecule has 0 aliphatic heterocycles. The van der Waals surface area contributed by atoms with Crippen LogP contribution < -0.4 is 5.32 Å². The van der Waals surface area contributed by atoms with Crippen LogP contribution in [0.2, 0.25) is 5.28 Å². The Morgan fingerprint density at radius 3 is 2.50 bits per heavy atom. The first-order chi connectivity index (χ1) is 11.8. The second kappa shape index (κ2) is 6.83. The summed E-state index contributed by atoms with van der Waals surface area (Å²) < 4.78 is 0. The van der Waals surface area contributed by atoms with E-state index in [4.69, 9.17) is 11.6 Å². The van der Waals surface area contributed by atoms with Gasteiger partial charge in [-0.2, -0.15) is 0 Å². The molecular formula is C20H20ClN3. The van der Waals surface area contributed by atoms with E-state index < -0.39 is 0 Å². The van der Waals surface area contributed by atoms with Crippen molar-refractivity contribution in [2.45, 2.75) is 38.1 Å². The van der Waals surface area contributed by atoms with Crippen molar-refractivity contribution in [1.29, 1.82) is 0 Å². The summed E-state index contributed by atoms with van der Waals surface area (Å²) in [6.07, 6.45) is 6.70. The number of hydrogen-bond acceptors (Lipinski definition) is 3. The van der Waals surface area contributed by atoms with Crippen molar-refractivity contribution in [3.63, 3.8) is 0 Å². The van der Waals surface area contributed by atoms with E-state index in [1.807, 2.05) is 36.4 Å². The van der Waals surface area contributed by atoms with Crippen molar-refractivity contribution < 1.29 is 0 Å². The topological polar surface area (TPSA) is 37.8 Å². The van der Waals surface area contributed by atoms with E-state index in [0.717, 1.165) is 23.2 Å². The summed E-state index contributed by atoms with van der Waals surface area (Å²) in [5, 5.41) is 3.84. The zero-order valence-electron chi connectivity index (χ0n) is 13.5. The number of nitrogens with one attached hydrogen (secondary N) is 1. The second-order valence-electron chi connectivity index (χ2n) is 6.79. The number of halogens is 1. The summed E-state index contributed by atoms with van der Waals surface area (Å²) in [7, 11) is 0. The maximum Gasteiger partial charge on any atom is 0.225 e. The van der Waals surface area contributed by atoms with Crippen LogP contribution in [0.4, 0.5) is 5.82 Å². The highest BCUT2D eigenvalue weighted by Gasteiger charge is 2.35. The number of nitrogens with zero attached hydrogens (tertiary/aromatic N) is 2. The molecule has 122 valence electrons. The predicted molar refractivity (Wildman–Crippen MR) is 96.9 cm³/mol. The lowest BCUT2D eigenvalue weighted by Gasteiger charge is -2.42. The number of fused-ring (bicyclic) bond motifs is 3. The van der Waals surface area contributed by atoms with Gasteiger partial charge in [0.25, 0.3) is 0 Å². The van der Waals surface area contributed by atoms with Crippen molar-refractivity contribution in [2.24, 2.45) is 11.8 Å². The molecule has 1 N–H and O–H groups in total. The summed E-state index contributed by atoms with van der Waals surface area (Å²) in [4.78, 5) is 8.57. The minimum atomic E-state index is 0.248. The normalized spacial score (nSPS) is 25.0. The Labute approximate surface area is 147 Å². The first kappa shape index (κ1) is 15.5. The van der Waals surface area contributed by atoms with Gasteiger partial charge in [-0.15, -0.1) is 0 Å². The van der Waals surface area contributed by atoms with Crippen molar-refractivity contribution in [3.05, 3.63) is 52.9 Å². The molecule has 2 aromatic rings. The molecular weight excluding hydrogens is 318 g/mol. The Morgan fingerprint density at radius 2 is 1.79 bits per heavy atom. The van der Waals surface area contributed by atoms with Crippen LogP contribution in [-0.4, -0.2) is 16.0 Å². The van der Waals surface area contributed by atoms with Gasteiger partial charge in [-0.1, -0.05) is 37.0 Å². The zero-order valence-corrected chi connectivity index (χ0v) is 14.3. The lowest BCUT2D eigenvalue weighted by atomic mass is 9.68. The molecule has 3 aliphatic carbocycles. The SMILES string of the molecule is Clc1nc(C#Cc2ccccc2)cc(NC2CC3CCC2CC3)n1. The molecule has 2 bridgehead atoms. The Kier molecular flexibility index (Phi) is 4.40. The van der Waals surface area contributed by atoms with Crippen LogP contribution in [0.25, 0.3) is 0 Å². The maximum absolute atomic E-state index is 6.10. The standard InChI is InChI=1S/C20H20ClN3/c21-20-22-17(11-8-14-4-2-1-3-5-14)13-19(24-20)23-18-12-15-6-9-16(18)10-7-15/h1-5,13,15-16,18H,6-7,9-10,12H2,(H,22,23,24). The van der Waals surface area contributed by atoms with E-state index in [1.54, 1.807) is 0 Å². The fourth-order valence-corrected chi connectivity index (χ4v) is 4.14. The average Bonchev–Trinajstić information content (AvgIpc) is 2.61. The Balaban J connectivity index is 1.52. The Bertz CT molecular complexity index is 770. The van der Waals surface area contributed by atoms with Gasteiger partial charge in [0.1, 0.15) is 11.5 Å². The highest BCUT2D eigenvalue weighted by atomic mass is 35.5. The van der Waals surface area contributed by atoms with Crippen molar-refractivity contribution in [1.82, 2.24) is 9.97 Å². The molecule has 3 aliphatic rings. The first-order valence-corrected chi connectivity index (χ1v) is 9.02. The molecule has 5 rings (SSSR count). The van der Waals surface area contributed by atoms with Gasteiger partial charge in [0, 0.05) is 17.7 Å². The van der Waals surface area contributed by atoms with Gasteiger partial charge in [-0.05, 0) is 60.8 Å². The Morgan fingerprint density at radius 1 is 1.00 bits per heavy atom. The van der Waals surface area contributed by atoms with E-state index >= 15 is 0 Å². The van der Waals surface area contributed by atoms with Gasteiger partial charge in [0.15, 0.2) is 0 Å². The molecule has 1 atom stereocenters. The molecule has 4 heteroatoms. The van der Waals surface area contributed by atoms with Crippen molar-refractivity contribution in [3.8, 4) is 11.8 Å². The van der Waals surface area contributed by atoms with Gasteiger partial charge in [-0.3, -0.25) is 0 Å². The van der Waals surface area contributed by atoms with Crippen LogP contribution in [0, 0.1) is 23.7 Å². The molecule has 24 heavy (non-hydrogen) atoms. The first-order valence-electron chi connectivity index (χ1n) is 8.64. The molecule has 3 fully saturated rings. The van der Waals surface area contributed by atoms with Gasteiger partial charge in [0.2, 0.25) is 5.28 Å². The predicted octanol–water partition coefficient (Wildman–Crippen LogP) is 4.52. The van der Waals surface area contributed by atoms with E-state index in [1.165, 1.54) is 32.1 Å². The third-order valence-corrected chi connectivity index (χ3v) is 5.36. The van der Waals surface area contributed by atoms with Gasteiger partial charge >= 0.3 is 0 Å². The van der Waals surface area contributed by atoms with Gasteiger partial charge in [0.05, 0.1) is 0 Å². The molecule has 0 amide bonds. The second-order valence-corrected chi connectivity index (χ2v) is 7.13. The molecule has 1 aromatic carbocycles. The number of rotatable bonds is 2. The van der Waals surface area contributed by atoms with E-state index in [0.29, 0.717) is 11.7 Å². The van der Waals surface area contributed by atoms with Crippen LogP contribution in [0.15, 0.2) is 36.4 Å². The molecule has 1 unspecified atom stereocenters. The average molecular weight is 338 g/mol. The van der Waals surface area contributed by atoms with Crippen LogP contribution >= 0.6 is 11.6 Å². The van der Waals surface area contributed by atoms with E-state index in [-0.39, 0.29) is 5.28 Å². The summed E-state index contributed by atoms with van der Waals surface area (Å²) in [5.41, 5.74) is 1.62. The summed E-state index contributed by atoms with van der Waals surface area (Å²) >= 11 is 6.10. The van der Waals surface area contributed by atoms with E-state index in [9.17, 15) is 0 Å². The smallest absolute Gasteiger partial charge is 0.225 e. The fourth-order valence-electron chi connectivity index (χ4n) is 3.96. The highest BCUT2D eigenvalue weighted by molar-refractivity contribution is 6.28. The largest absolute Gasteiger partial charge is 0.367 e.